The highest BCUT2D eigenvalue weighted by Crippen LogP contribution is 2.32. The summed E-state index contributed by atoms with van der Waals surface area (Å²) >= 11 is 0. The summed E-state index contributed by atoms with van der Waals surface area (Å²) in [5.41, 5.74) is 6.15. The third-order valence-electron chi connectivity index (χ3n) is 5.15. The first-order valence-corrected chi connectivity index (χ1v) is 9.08. The molecule has 0 N–H and O–H groups in total. The molecular formula is C22H22N4O. The Hall–Kier alpha value is -3.26. The van der Waals surface area contributed by atoms with Gasteiger partial charge in [-0.25, -0.2) is 4.68 Å². The molecule has 0 saturated heterocycles. The van der Waals surface area contributed by atoms with E-state index in [9.17, 15) is 5.26 Å². The van der Waals surface area contributed by atoms with Crippen LogP contribution in [-0.4, -0.2) is 23.4 Å². The van der Waals surface area contributed by atoms with Crippen molar-refractivity contribution in [1.29, 1.82) is 5.26 Å². The fourth-order valence-electron chi connectivity index (χ4n) is 3.64. The van der Waals surface area contributed by atoms with Crippen LogP contribution >= 0.6 is 0 Å². The van der Waals surface area contributed by atoms with Crippen molar-refractivity contribution in [1.82, 2.24) is 9.78 Å². The molecule has 136 valence electrons. The van der Waals surface area contributed by atoms with Crippen LogP contribution in [0.1, 0.15) is 27.9 Å². The van der Waals surface area contributed by atoms with Crippen molar-refractivity contribution in [3.63, 3.8) is 0 Å². The monoisotopic (exact) mass is 358 g/mol. The van der Waals surface area contributed by atoms with Crippen LogP contribution < -0.4 is 9.64 Å². The van der Waals surface area contributed by atoms with Gasteiger partial charge in [-0.1, -0.05) is 23.8 Å². The van der Waals surface area contributed by atoms with Crippen molar-refractivity contribution in [2.75, 3.05) is 18.6 Å². The fraction of sp³-hybridized carbons (Fsp3) is 0.273. The number of fused-ring (bicyclic) bond motifs is 1. The normalized spacial score (nSPS) is 13.2. The van der Waals surface area contributed by atoms with Crippen molar-refractivity contribution in [2.45, 2.75) is 26.8 Å². The van der Waals surface area contributed by atoms with E-state index in [1.165, 1.54) is 16.7 Å². The SMILES string of the molecule is COc1ccc2c(c1)CCN(c1c(C#N)c(C)nn1-c1ccc(C)cc1)C2. The summed E-state index contributed by atoms with van der Waals surface area (Å²) in [6, 6.07) is 16.8. The Kier molecular flexibility index (Phi) is 4.33. The van der Waals surface area contributed by atoms with Gasteiger partial charge in [-0.3, -0.25) is 0 Å². The molecule has 0 fully saturated rings. The Bertz CT molecular complexity index is 1030. The zero-order valence-electron chi connectivity index (χ0n) is 15.9. The van der Waals surface area contributed by atoms with Crippen molar-refractivity contribution in [3.8, 4) is 17.5 Å². The molecule has 1 aromatic heterocycles. The second kappa shape index (κ2) is 6.81. The zero-order chi connectivity index (χ0) is 19.0. The van der Waals surface area contributed by atoms with Gasteiger partial charge in [0.2, 0.25) is 0 Å². The molecule has 3 aromatic rings. The first kappa shape index (κ1) is 17.2. The molecule has 2 heterocycles. The largest absolute Gasteiger partial charge is 0.497 e. The second-order valence-corrected chi connectivity index (χ2v) is 6.95. The number of aryl methyl sites for hydroxylation is 2. The van der Waals surface area contributed by atoms with Gasteiger partial charge in [0.05, 0.1) is 18.5 Å². The number of nitriles is 1. The molecular weight excluding hydrogens is 336 g/mol. The van der Waals surface area contributed by atoms with Crippen LogP contribution in [0, 0.1) is 25.2 Å². The molecule has 5 heteroatoms. The summed E-state index contributed by atoms with van der Waals surface area (Å²) in [5, 5.41) is 14.4. The summed E-state index contributed by atoms with van der Waals surface area (Å²) < 4.78 is 7.25. The third kappa shape index (κ3) is 3.04. The van der Waals surface area contributed by atoms with E-state index >= 15 is 0 Å². The average molecular weight is 358 g/mol. The number of nitrogens with zero attached hydrogens (tertiary/aromatic N) is 4. The van der Waals surface area contributed by atoms with Crippen molar-refractivity contribution in [3.05, 3.63) is 70.4 Å². The summed E-state index contributed by atoms with van der Waals surface area (Å²) in [4.78, 5) is 2.26. The number of aromatic nitrogens is 2. The van der Waals surface area contributed by atoms with E-state index in [0.717, 1.165) is 42.5 Å². The number of benzene rings is 2. The molecule has 0 atom stereocenters. The topological polar surface area (TPSA) is 54.1 Å². The Morgan fingerprint density at radius 2 is 1.85 bits per heavy atom. The first-order chi connectivity index (χ1) is 13.1. The number of ether oxygens (including phenoxy) is 1. The highest BCUT2D eigenvalue weighted by molar-refractivity contribution is 5.62. The molecule has 1 aliphatic heterocycles. The van der Waals surface area contributed by atoms with E-state index in [0.29, 0.717) is 5.56 Å². The van der Waals surface area contributed by atoms with Gasteiger partial charge in [-0.15, -0.1) is 0 Å². The van der Waals surface area contributed by atoms with Crippen molar-refractivity contribution >= 4 is 5.82 Å². The lowest BCUT2D eigenvalue weighted by molar-refractivity contribution is 0.413. The average Bonchev–Trinajstić information content (AvgIpc) is 3.03. The predicted molar refractivity (Wildman–Crippen MR) is 106 cm³/mol. The van der Waals surface area contributed by atoms with E-state index in [2.05, 4.69) is 59.4 Å². The lowest BCUT2D eigenvalue weighted by atomic mass is 9.99. The van der Waals surface area contributed by atoms with Crippen LogP contribution in [0.5, 0.6) is 5.75 Å². The van der Waals surface area contributed by atoms with E-state index in [-0.39, 0.29) is 0 Å². The Morgan fingerprint density at radius 3 is 2.56 bits per heavy atom. The minimum absolute atomic E-state index is 0.646. The second-order valence-electron chi connectivity index (χ2n) is 6.95. The zero-order valence-corrected chi connectivity index (χ0v) is 15.9. The van der Waals surface area contributed by atoms with Crippen LogP contribution in [-0.2, 0) is 13.0 Å². The molecule has 0 amide bonds. The van der Waals surface area contributed by atoms with E-state index in [1.54, 1.807) is 7.11 Å². The molecule has 0 bridgehead atoms. The Balaban J connectivity index is 1.77. The number of methoxy groups -OCH3 is 1. The van der Waals surface area contributed by atoms with E-state index in [4.69, 9.17) is 4.74 Å². The van der Waals surface area contributed by atoms with Crippen LogP contribution in [0.15, 0.2) is 42.5 Å². The lowest BCUT2D eigenvalue weighted by Gasteiger charge is -2.31. The van der Waals surface area contributed by atoms with Crippen LogP contribution in [0.25, 0.3) is 5.69 Å². The minimum Gasteiger partial charge on any atom is -0.497 e. The first-order valence-electron chi connectivity index (χ1n) is 9.08. The summed E-state index contributed by atoms with van der Waals surface area (Å²) in [6.45, 7) is 5.56. The predicted octanol–water partition coefficient (Wildman–Crippen LogP) is 3.93. The molecule has 2 aromatic carbocycles. The summed E-state index contributed by atoms with van der Waals surface area (Å²) in [6.07, 6.45) is 0.912. The minimum atomic E-state index is 0.646. The van der Waals surface area contributed by atoms with Crippen LogP contribution in [0.2, 0.25) is 0 Å². The Labute approximate surface area is 159 Å². The van der Waals surface area contributed by atoms with Gasteiger partial charge in [0.25, 0.3) is 0 Å². The highest BCUT2D eigenvalue weighted by Gasteiger charge is 2.25. The van der Waals surface area contributed by atoms with Gasteiger partial charge >= 0.3 is 0 Å². The number of anilines is 1. The molecule has 0 unspecified atom stereocenters. The lowest BCUT2D eigenvalue weighted by Crippen LogP contribution is -2.32. The molecule has 27 heavy (non-hydrogen) atoms. The third-order valence-corrected chi connectivity index (χ3v) is 5.15. The Morgan fingerprint density at radius 1 is 1.07 bits per heavy atom. The van der Waals surface area contributed by atoms with Crippen LogP contribution in [0.4, 0.5) is 5.82 Å². The van der Waals surface area contributed by atoms with E-state index in [1.807, 2.05) is 17.7 Å². The molecule has 0 spiro atoms. The quantitative estimate of drug-likeness (QED) is 0.712. The van der Waals surface area contributed by atoms with Gasteiger partial charge in [0, 0.05) is 13.1 Å². The standard InChI is InChI=1S/C22H22N4O/c1-15-4-7-19(8-5-15)26-22(21(13-23)16(2)24-26)25-11-10-17-12-20(27-3)9-6-18(17)14-25/h4-9,12H,10-11,14H2,1-3H3. The summed E-state index contributed by atoms with van der Waals surface area (Å²) in [7, 11) is 1.69. The molecule has 5 nitrogen and oxygen atoms in total. The molecule has 0 radical (unpaired) electrons. The molecule has 1 aliphatic rings. The van der Waals surface area contributed by atoms with Crippen molar-refractivity contribution < 1.29 is 4.74 Å². The molecule has 4 rings (SSSR count). The fourth-order valence-corrected chi connectivity index (χ4v) is 3.64. The molecule has 0 aliphatic carbocycles. The maximum atomic E-state index is 9.75. The number of hydrogen-bond acceptors (Lipinski definition) is 4. The van der Waals surface area contributed by atoms with Gasteiger partial charge in [-0.05, 0) is 55.7 Å². The summed E-state index contributed by atoms with van der Waals surface area (Å²) in [5.74, 6) is 1.76. The van der Waals surface area contributed by atoms with E-state index < -0.39 is 0 Å². The van der Waals surface area contributed by atoms with Gasteiger partial charge in [0.1, 0.15) is 17.4 Å². The van der Waals surface area contributed by atoms with Gasteiger partial charge in [0.15, 0.2) is 5.82 Å². The maximum absolute atomic E-state index is 9.75. The smallest absolute Gasteiger partial charge is 0.151 e. The van der Waals surface area contributed by atoms with Crippen LogP contribution in [0.3, 0.4) is 0 Å². The maximum Gasteiger partial charge on any atom is 0.151 e. The molecule has 0 saturated carbocycles. The van der Waals surface area contributed by atoms with Crippen molar-refractivity contribution in [2.24, 2.45) is 0 Å². The van der Waals surface area contributed by atoms with Gasteiger partial charge in [-0.2, -0.15) is 10.4 Å². The van der Waals surface area contributed by atoms with Gasteiger partial charge < -0.3 is 9.64 Å². The number of hydrogen-bond donors (Lipinski definition) is 0. The number of rotatable bonds is 3. The highest BCUT2D eigenvalue weighted by atomic mass is 16.5.